The van der Waals surface area contributed by atoms with E-state index in [9.17, 15) is 0 Å². The molecule has 69 heavy (non-hydrogen) atoms. The second kappa shape index (κ2) is 14.5. The number of rotatable bonds is 3. The third kappa shape index (κ3) is 6.25. The monoisotopic (exact) mass is 914 g/mol. The Labute approximate surface area is 411 Å². The van der Waals surface area contributed by atoms with Crippen molar-refractivity contribution in [1.82, 2.24) is 0 Å². The highest BCUT2D eigenvalue weighted by molar-refractivity contribution is 7.27. The summed E-state index contributed by atoms with van der Waals surface area (Å²) in [4.78, 5) is 5.38. The molecule has 0 unspecified atom stereocenters. The van der Waals surface area contributed by atoms with E-state index in [0.717, 1.165) is 34.8 Å². The Bertz CT molecular complexity index is 3760. The van der Waals surface area contributed by atoms with Crippen LogP contribution in [-0.2, 0) is 21.7 Å². The normalized spacial score (nSPS) is 16.0. The molecule has 8 aromatic carbocycles. The number of anilines is 5. The number of hydrogen-bond acceptors (Lipinski definition) is 4. The van der Waals surface area contributed by atoms with E-state index in [1.807, 2.05) is 11.3 Å². The number of hydrogen-bond donors (Lipinski definition) is 0. The zero-order valence-corrected chi connectivity index (χ0v) is 42.5. The highest BCUT2D eigenvalue weighted by atomic mass is 32.1. The minimum Gasteiger partial charge on any atom is -0.455 e. The summed E-state index contributed by atoms with van der Waals surface area (Å²) < 4.78 is 9.92. The molecule has 4 heterocycles. The van der Waals surface area contributed by atoms with Gasteiger partial charge in [0, 0.05) is 70.4 Å². The van der Waals surface area contributed by atoms with Crippen molar-refractivity contribution in [1.29, 1.82) is 0 Å². The largest absolute Gasteiger partial charge is 0.455 e. The topological polar surface area (TPSA) is 19.6 Å². The summed E-state index contributed by atoms with van der Waals surface area (Å²) in [5, 5.41) is 4.90. The fraction of sp³-hybridized carbons (Fsp3) is 0.250. The van der Waals surface area contributed by atoms with Crippen LogP contribution in [0, 0.1) is 0 Å². The molecular weight excluding hydrogens is 856 g/mol. The lowest BCUT2D eigenvalue weighted by Crippen LogP contribution is -2.61. The van der Waals surface area contributed by atoms with Crippen molar-refractivity contribution in [2.75, 3.05) is 9.71 Å². The molecule has 2 aromatic heterocycles. The number of benzene rings is 8. The van der Waals surface area contributed by atoms with Crippen molar-refractivity contribution in [2.45, 2.75) is 104 Å². The van der Waals surface area contributed by atoms with Crippen molar-refractivity contribution in [3.05, 3.63) is 174 Å². The Kier molecular flexibility index (Phi) is 8.94. The Morgan fingerprint density at radius 3 is 1.88 bits per heavy atom. The first kappa shape index (κ1) is 42.5. The molecule has 0 bridgehead atoms. The maximum atomic E-state index is 7.29. The first-order valence-electron chi connectivity index (χ1n) is 25.0. The molecule has 0 N–H and O–H groups in total. The lowest BCUT2D eigenvalue weighted by Gasteiger charge is -2.48. The molecule has 13 rings (SSSR count). The van der Waals surface area contributed by atoms with E-state index in [-0.39, 0.29) is 28.5 Å². The van der Waals surface area contributed by atoms with Gasteiger partial charge in [-0.2, -0.15) is 0 Å². The highest BCUT2D eigenvalue weighted by Crippen LogP contribution is 2.56. The molecule has 0 saturated carbocycles. The zero-order valence-electron chi connectivity index (χ0n) is 41.6. The van der Waals surface area contributed by atoms with Gasteiger partial charge in [0.1, 0.15) is 11.2 Å². The van der Waals surface area contributed by atoms with Crippen molar-refractivity contribution >= 4 is 99.7 Å². The van der Waals surface area contributed by atoms with Crippen LogP contribution < -0.4 is 20.6 Å². The summed E-state index contributed by atoms with van der Waals surface area (Å²) >= 11 is 1.94. The molecule has 0 fully saturated rings. The van der Waals surface area contributed by atoms with Gasteiger partial charge in [0.05, 0.1) is 5.69 Å². The number of para-hydroxylation sites is 1. The third-order valence-electron chi connectivity index (χ3n) is 16.2. The van der Waals surface area contributed by atoms with Gasteiger partial charge >= 0.3 is 6.85 Å². The van der Waals surface area contributed by atoms with Gasteiger partial charge in [-0.25, -0.2) is 0 Å². The Morgan fingerprint density at radius 1 is 0.522 bits per heavy atom. The van der Waals surface area contributed by atoms with Gasteiger partial charge in [-0.1, -0.05) is 160 Å². The van der Waals surface area contributed by atoms with Crippen LogP contribution in [0.3, 0.4) is 0 Å². The lowest BCUT2D eigenvalue weighted by molar-refractivity contribution is 0.332. The molecule has 0 atom stereocenters. The van der Waals surface area contributed by atoms with E-state index < -0.39 is 0 Å². The number of nitrogens with zero attached hydrogens (tertiary/aromatic N) is 2. The molecule has 3 nitrogen and oxygen atoms in total. The number of furan rings is 1. The van der Waals surface area contributed by atoms with Crippen LogP contribution in [0.15, 0.2) is 156 Å². The predicted molar refractivity (Wildman–Crippen MR) is 298 cm³/mol. The fourth-order valence-electron chi connectivity index (χ4n) is 12.2. The van der Waals surface area contributed by atoms with Crippen LogP contribution in [0.4, 0.5) is 28.4 Å². The average molecular weight is 915 g/mol. The van der Waals surface area contributed by atoms with Gasteiger partial charge in [0.25, 0.3) is 0 Å². The second-order valence-corrected chi connectivity index (χ2v) is 24.6. The van der Waals surface area contributed by atoms with Crippen molar-refractivity contribution in [3.63, 3.8) is 0 Å². The molecular formula is C64H59BN2OS. The smallest absolute Gasteiger partial charge is 0.334 e. The van der Waals surface area contributed by atoms with Crippen molar-refractivity contribution in [2.24, 2.45) is 0 Å². The first-order valence-corrected chi connectivity index (χ1v) is 25.8. The molecule has 2 aliphatic heterocycles. The van der Waals surface area contributed by atoms with Crippen molar-refractivity contribution < 1.29 is 4.42 Å². The van der Waals surface area contributed by atoms with Crippen LogP contribution in [0.25, 0.3) is 64.4 Å². The summed E-state index contributed by atoms with van der Waals surface area (Å²) in [6.07, 6.45) is 2.28. The van der Waals surface area contributed by atoms with Gasteiger partial charge < -0.3 is 14.1 Å². The molecule has 0 saturated heterocycles. The van der Waals surface area contributed by atoms with E-state index in [2.05, 4.69) is 231 Å². The Morgan fingerprint density at radius 2 is 1.16 bits per heavy atom. The molecule has 0 radical (unpaired) electrons. The highest BCUT2D eigenvalue weighted by Gasteiger charge is 2.49. The quantitative estimate of drug-likeness (QED) is 0.165. The van der Waals surface area contributed by atoms with E-state index in [4.69, 9.17) is 4.42 Å². The summed E-state index contributed by atoms with van der Waals surface area (Å²) in [5.41, 5.74) is 20.9. The predicted octanol–water partition coefficient (Wildman–Crippen LogP) is 17.3. The number of fused-ring (bicyclic) bond motifs is 13. The molecule has 3 aliphatic rings. The van der Waals surface area contributed by atoms with Crippen LogP contribution >= 0.6 is 11.3 Å². The summed E-state index contributed by atoms with van der Waals surface area (Å²) in [6.45, 7) is 23.6. The summed E-state index contributed by atoms with van der Waals surface area (Å²) in [6, 6.07) is 58.1. The van der Waals surface area contributed by atoms with E-state index >= 15 is 0 Å². The van der Waals surface area contributed by atoms with Gasteiger partial charge in [-0.3, -0.25) is 0 Å². The van der Waals surface area contributed by atoms with Crippen LogP contribution in [0.2, 0.25) is 0 Å². The van der Waals surface area contributed by atoms with Crippen LogP contribution in [0.5, 0.6) is 0 Å². The molecule has 0 spiro atoms. The van der Waals surface area contributed by atoms with Crippen molar-refractivity contribution in [3.8, 4) is 22.3 Å². The van der Waals surface area contributed by atoms with Gasteiger partial charge in [0.15, 0.2) is 0 Å². The van der Waals surface area contributed by atoms with E-state index in [1.165, 1.54) is 104 Å². The molecule has 5 heteroatoms. The van der Waals surface area contributed by atoms with E-state index in [1.54, 1.807) is 0 Å². The summed E-state index contributed by atoms with van der Waals surface area (Å²) in [5.74, 6) is 0. The van der Waals surface area contributed by atoms with Gasteiger partial charge in [0.2, 0.25) is 0 Å². The standard InChI is InChI=1S/C64H59BN2OS/c1-61(2,3)39-24-27-41(28-25-39)67-52-37-49-48(63(7,8)32-33-64(49,9)10)35-47(52)56-57-53(36-46-42-20-14-16-22-54(42)68-59(46)56)66(50-30-26-40(62(4,5)6)34-45(50)38-18-12-11-13-19-38)51-31-29-44-43-21-15-17-23-55(43)69-60(44)58(51)65(57)67/h11-31,34-37H,32-33H2,1-10H3. The van der Waals surface area contributed by atoms with Gasteiger partial charge in [-0.05, 0) is 134 Å². The average Bonchev–Trinajstić information content (AvgIpc) is 3.91. The first-order chi connectivity index (χ1) is 33.0. The minimum atomic E-state index is -0.185. The number of thiophene rings is 1. The molecule has 0 amide bonds. The summed E-state index contributed by atoms with van der Waals surface area (Å²) in [7, 11) is 0. The molecule has 340 valence electrons. The Hall–Kier alpha value is -6.56. The molecule has 10 aromatic rings. The van der Waals surface area contributed by atoms with E-state index in [0.29, 0.717) is 0 Å². The lowest BCUT2D eigenvalue weighted by atomic mass is 9.43. The second-order valence-electron chi connectivity index (χ2n) is 23.6. The van der Waals surface area contributed by atoms with Crippen LogP contribution in [-0.4, -0.2) is 6.85 Å². The zero-order chi connectivity index (χ0) is 47.5. The maximum absolute atomic E-state index is 7.29. The maximum Gasteiger partial charge on any atom is 0.334 e. The SMILES string of the molecule is CC(C)(C)c1ccc(N2B3c4c(cc5c(oc6ccccc65)c4-c4cc5c(cc42)C(C)(C)CCC5(C)C)N(c2ccc(C(C)(C)C)cc2-c2ccccc2)c2ccc4c(sc5ccccc54)c23)cc1. The Balaban J connectivity index is 1.24. The van der Waals surface area contributed by atoms with Gasteiger partial charge in [-0.15, -0.1) is 11.3 Å². The fourth-order valence-corrected chi connectivity index (χ4v) is 13.5. The van der Waals surface area contributed by atoms with Crippen LogP contribution in [0.1, 0.15) is 104 Å². The molecule has 1 aliphatic carbocycles. The minimum absolute atomic E-state index is 0.000979. The third-order valence-corrected chi connectivity index (χ3v) is 17.5.